The van der Waals surface area contributed by atoms with Gasteiger partial charge in [-0.1, -0.05) is 27.5 Å². The SMILES string of the molecule is Cc1nn(-c2ccc(Br)cc2CNC(C)(C)C)cc1Cl. The highest BCUT2D eigenvalue weighted by Gasteiger charge is 2.13. The van der Waals surface area contributed by atoms with Gasteiger partial charge >= 0.3 is 0 Å². The molecule has 1 N–H and O–H groups in total. The molecule has 0 atom stereocenters. The fourth-order valence-electron chi connectivity index (χ4n) is 1.84. The normalized spacial score (nSPS) is 11.9. The van der Waals surface area contributed by atoms with Gasteiger partial charge in [-0.15, -0.1) is 0 Å². The maximum atomic E-state index is 6.10. The number of aryl methyl sites for hydroxylation is 1. The quantitative estimate of drug-likeness (QED) is 0.878. The van der Waals surface area contributed by atoms with Gasteiger partial charge in [-0.2, -0.15) is 5.10 Å². The number of aromatic nitrogens is 2. The third-order valence-corrected chi connectivity index (χ3v) is 3.80. The standard InChI is InChI=1S/C15H19BrClN3/c1-10-13(17)9-20(19-10)14-6-5-12(16)7-11(14)8-18-15(2,3)4/h5-7,9,18H,8H2,1-4H3. The van der Waals surface area contributed by atoms with Gasteiger partial charge in [-0.3, -0.25) is 0 Å². The summed E-state index contributed by atoms with van der Waals surface area (Å²) >= 11 is 9.63. The van der Waals surface area contributed by atoms with Crippen LogP contribution in [0.1, 0.15) is 32.0 Å². The number of halogens is 2. The Labute approximate surface area is 133 Å². The summed E-state index contributed by atoms with van der Waals surface area (Å²) in [6.45, 7) is 9.14. The number of rotatable bonds is 3. The molecule has 0 aliphatic heterocycles. The maximum absolute atomic E-state index is 6.10. The molecule has 0 saturated heterocycles. The smallest absolute Gasteiger partial charge is 0.0819 e. The first-order valence-electron chi connectivity index (χ1n) is 6.52. The first kappa shape index (κ1) is 15.5. The molecule has 0 aliphatic carbocycles. The van der Waals surface area contributed by atoms with Crippen LogP contribution >= 0.6 is 27.5 Å². The van der Waals surface area contributed by atoms with E-state index in [1.807, 2.05) is 29.9 Å². The van der Waals surface area contributed by atoms with Crippen LogP contribution in [-0.4, -0.2) is 15.3 Å². The van der Waals surface area contributed by atoms with Crippen molar-refractivity contribution in [3.05, 3.63) is 45.1 Å². The summed E-state index contributed by atoms with van der Waals surface area (Å²) in [6, 6.07) is 6.17. The van der Waals surface area contributed by atoms with Crippen molar-refractivity contribution in [2.24, 2.45) is 0 Å². The van der Waals surface area contributed by atoms with Gasteiger partial charge in [0.05, 0.1) is 16.4 Å². The van der Waals surface area contributed by atoms with E-state index in [0.29, 0.717) is 5.02 Å². The third kappa shape index (κ3) is 3.84. The van der Waals surface area contributed by atoms with Crippen molar-refractivity contribution < 1.29 is 0 Å². The van der Waals surface area contributed by atoms with Crippen molar-refractivity contribution in [3.63, 3.8) is 0 Å². The van der Waals surface area contributed by atoms with Crippen LogP contribution in [0.2, 0.25) is 5.02 Å². The van der Waals surface area contributed by atoms with E-state index in [2.05, 4.69) is 53.2 Å². The lowest BCUT2D eigenvalue weighted by atomic mass is 10.1. The Kier molecular flexibility index (Phi) is 4.57. The Hall–Kier alpha value is -0.840. The van der Waals surface area contributed by atoms with Crippen molar-refractivity contribution in [1.82, 2.24) is 15.1 Å². The highest BCUT2D eigenvalue weighted by Crippen LogP contribution is 2.23. The number of nitrogens with zero attached hydrogens (tertiary/aromatic N) is 2. The maximum Gasteiger partial charge on any atom is 0.0819 e. The number of benzene rings is 1. The Bertz CT molecular complexity index is 595. The Balaban J connectivity index is 2.37. The van der Waals surface area contributed by atoms with Gasteiger partial charge in [0, 0.05) is 22.8 Å². The van der Waals surface area contributed by atoms with Gasteiger partial charge in [-0.25, -0.2) is 4.68 Å². The molecule has 0 spiro atoms. The molecule has 1 aromatic carbocycles. The molecule has 0 saturated carbocycles. The zero-order valence-corrected chi connectivity index (χ0v) is 14.5. The molecule has 2 aromatic rings. The van der Waals surface area contributed by atoms with Gasteiger partial charge in [-0.05, 0) is 51.5 Å². The van der Waals surface area contributed by atoms with Crippen LogP contribution < -0.4 is 5.32 Å². The van der Waals surface area contributed by atoms with E-state index < -0.39 is 0 Å². The second-order valence-electron chi connectivity index (χ2n) is 5.88. The largest absolute Gasteiger partial charge is 0.308 e. The Morgan fingerprint density at radius 2 is 2.05 bits per heavy atom. The molecule has 5 heteroatoms. The third-order valence-electron chi connectivity index (χ3n) is 2.94. The highest BCUT2D eigenvalue weighted by atomic mass is 79.9. The molecule has 0 aliphatic rings. The second-order valence-corrected chi connectivity index (χ2v) is 7.21. The van der Waals surface area contributed by atoms with Crippen molar-refractivity contribution in [3.8, 4) is 5.69 Å². The predicted molar refractivity (Wildman–Crippen MR) is 87.6 cm³/mol. The monoisotopic (exact) mass is 355 g/mol. The first-order chi connectivity index (χ1) is 9.26. The number of hydrogen-bond acceptors (Lipinski definition) is 2. The lowest BCUT2D eigenvalue weighted by Gasteiger charge is -2.21. The van der Waals surface area contributed by atoms with Crippen LogP contribution in [0.3, 0.4) is 0 Å². The van der Waals surface area contributed by atoms with Crippen LogP contribution in [0, 0.1) is 6.92 Å². The highest BCUT2D eigenvalue weighted by molar-refractivity contribution is 9.10. The summed E-state index contributed by atoms with van der Waals surface area (Å²) in [5, 5.41) is 8.64. The molecule has 2 rings (SSSR count). The molecule has 3 nitrogen and oxygen atoms in total. The summed E-state index contributed by atoms with van der Waals surface area (Å²) in [5.41, 5.74) is 3.12. The average molecular weight is 357 g/mol. The lowest BCUT2D eigenvalue weighted by Crippen LogP contribution is -2.35. The predicted octanol–water partition coefficient (Wildman–Crippen LogP) is 4.48. The molecule has 1 heterocycles. The van der Waals surface area contributed by atoms with Gasteiger partial charge in [0.1, 0.15) is 0 Å². The molecular weight excluding hydrogens is 338 g/mol. The average Bonchev–Trinajstić information content (AvgIpc) is 2.66. The van der Waals surface area contributed by atoms with E-state index in [4.69, 9.17) is 11.6 Å². The van der Waals surface area contributed by atoms with E-state index >= 15 is 0 Å². The number of nitrogens with one attached hydrogen (secondary N) is 1. The van der Waals surface area contributed by atoms with Crippen LogP contribution in [-0.2, 0) is 6.54 Å². The van der Waals surface area contributed by atoms with Crippen molar-refractivity contribution in [1.29, 1.82) is 0 Å². The Morgan fingerprint density at radius 3 is 2.60 bits per heavy atom. The molecule has 0 amide bonds. The summed E-state index contributed by atoms with van der Waals surface area (Å²) in [7, 11) is 0. The second kappa shape index (κ2) is 5.88. The molecule has 108 valence electrons. The van der Waals surface area contributed by atoms with Gasteiger partial charge in [0.15, 0.2) is 0 Å². The first-order valence-corrected chi connectivity index (χ1v) is 7.69. The minimum Gasteiger partial charge on any atom is -0.308 e. The fourth-order valence-corrected chi connectivity index (χ4v) is 2.38. The molecule has 1 aromatic heterocycles. The van der Waals surface area contributed by atoms with Crippen LogP contribution in [0.15, 0.2) is 28.9 Å². The Morgan fingerprint density at radius 1 is 1.35 bits per heavy atom. The minimum atomic E-state index is 0.0667. The van der Waals surface area contributed by atoms with E-state index in [1.54, 1.807) is 0 Å². The summed E-state index contributed by atoms with van der Waals surface area (Å²) in [6.07, 6.45) is 1.85. The van der Waals surface area contributed by atoms with Crippen LogP contribution in [0.4, 0.5) is 0 Å². The fraction of sp³-hybridized carbons (Fsp3) is 0.400. The van der Waals surface area contributed by atoms with Crippen LogP contribution in [0.25, 0.3) is 5.69 Å². The number of hydrogen-bond donors (Lipinski definition) is 1. The van der Waals surface area contributed by atoms with Gasteiger partial charge in [0.25, 0.3) is 0 Å². The zero-order valence-electron chi connectivity index (χ0n) is 12.2. The molecule has 0 bridgehead atoms. The lowest BCUT2D eigenvalue weighted by molar-refractivity contribution is 0.423. The van der Waals surface area contributed by atoms with Gasteiger partial charge < -0.3 is 5.32 Å². The van der Waals surface area contributed by atoms with Crippen molar-refractivity contribution in [2.75, 3.05) is 0 Å². The molecule has 0 fully saturated rings. The molecule has 0 unspecified atom stereocenters. The minimum absolute atomic E-state index is 0.0667. The topological polar surface area (TPSA) is 29.9 Å². The van der Waals surface area contributed by atoms with E-state index in [-0.39, 0.29) is 5.54 Å². The molecule has 0 radical (unpaired) electrons. The van der Waals surface area contributed by atoms with E-state index in [9.17, 15) is 0 Å². The van der Waals surface area contributed by atoms with Crippen LogP contribution in [0.5, 0.6) is 0 Å². The van der Waals surface area contributed by atoms with E-state index in [0.717, 1.165) is 22.4 Å². The summed E-state index contributed by atoms with van der Waals surface area (Å²) < 4.78 is 2.89. The van der Waals surface area contributed by atoms with E-state index in [1.165, 1.54) is 5.56 Å². The summed E-state index contributed by atoms with van der Waals surface area (Å²) in [4.78, 5) is 0. The molecular formula is C15H19BrClN3. The summed E-state index contributed by atoms with van der Waals surface area (Å²) in [5.74, 6) is 0. The van der Waals surface area contributed by atoms with Gasteiger partial charge in [0.2, 0.25) is 0 Å². The van der Waals surface area contributed by atoms with Crippen molar-refractivity contribution >= 4 is 27.5 Å². The zero-order chi connectivity index (χ0) is 14.9. The molecule has 20 heavy (non-hydrogen) atoms. The van der Waals surface area contributed by atoms with Crippen molar-refractivity contribution in [2.45, 2.75) is 39.8 Å².